The number of carbonyl (C=O) groups excluding carboxylic acids is 1. The summed E-state index contributed by atoms with van der Waals surface area (Å²) in [6.07, 6.45) is 2.92. The number of hydrogen-bond donors (Lipinski definition) is 1. The quantitative estimate of drug-likeness (QED) is 0.702. The highest BCUT2D eigenvalue weighted by Gasteiger charge is 2.33. The van der Waals surface area contributed by atoms with Gasteiger partial charge in [-0.25, -0.2) is 0 Å². The Balaban J connectivity index is 1.37. The van der Waals surface area contributed by atoms with Gasteiger partial charge in [0.15, 0.2) is 5.82 Å². The monoisotopic (exact) mass is 361 g/mol. The lowest BCUT2D eigenvalue weighted by Gasteiger charge is -2.18. The molecule has 0 aliphatic heterocycles. The zero-order chi connectivity index (χ0) is 18.6. The van der Waals surface area contributed by atoms with Crippen molar-refractivity contribution in [3.63, 3.8) is 0 Å². The van der Waals surface area contributed by atoms with E-state index in [0.29, 0.717) is 18.2 Å². The van der Waals surface area contributed by atoms with Crippen LogP contribution in [0.25, 0.3) is 0 Å². The van der Waals surface area contributed by atoms with E-state index in [1.165, 1.54) is 10.4 Å². The van der Waals surface area contributed by atoms with Crippen LogP contribution in [-0.2, 0) is 17.8 Å². The Morgan fingerprint density at radius 1 is 1.15 bits per heavy atom. The van der Waals surface area contributed by atoms with Crippen LogP contribution in [0.1, 0.15) is 41.4 Å². The lowest BCUT2D eigenvalue weighted by molar-refractivity contribution is -0.123. The fraction of sp³-hybridized carbons (Fsp3) is 0.333. The minimum Gasteiger partial charge on any atom is -0.347 e. The van der Waals surface area contributed by atoms with E-state index in [-0.39, 0.29) is 18.5 Å². The number of rotatable bonds is 7. The molecule has 1 amide bonds. The third kappa shape index (κ3) is 4.58. The van der Waals surface area contributed by atoms with Crippen molar-refractivity contribution in [3.05, 3.63) is 77.1 Å². The van der Waals surface area contributed by atoms with E-state index in [9.17, 15) is 4.79 Å². The molecule has 1 aliphatic carbocycles. The Morgan fingerprint density at radius 2 is 1.89 bits per heavy atom. The summed E-state index contributed by atoms with van der Waals surface area (Å²) in [5.74, 6) is 1.06. The second-order valence-electron chi connectivity index (χ2n) is 7.19. The maximum Gasteiger partial charge on any atom is 0.244 e. The molecular weight excluding hydrogens is 338 g/mol. The Hall–Kier alpha value is -3.02. The zero-order valence-electron chi connectivity index (χ0n) is 15.4. The van der Waals surface area contributed by atoms with Crippen LogP contribution in [0.3, 0.4) is 0 Å². The molecule has 0 saturated heterocycles. The van der Waals surface area contributed by atoms with Crippen molar-refractivity contribution in [2.75, 3.05) is 0 Å². The Labute approximate surface area is 158 Å². The van der Waals surface area contributed by atoms with E-state index < -0.39 is 0 Å². The Morgan fingerprint density at radius 3 is 2.59 bits per heavy atom. The van der Waals surface area contributed by atoms with E-state index >= 15 is 0 Å². The van der Waals surface area contributed by atoms with Crippen LogP contribution in [0.5, 0.6) is 0 Å². The van der Waals surface area contributed by atoms with Crippen LogP contribution in [0.4, 0.5) is 0 Å². The van der Waals surface area contributed by atoms with Crippen molar-refractivity contribution < 1.29 is 4.79 Å². The molecular formula is C21H23N5O. The first kappa shape index (κ1) is 17.4. The van der Waals surface area contributed by atoms with Crippen molar-refractivity contribution in [2.45, 2.75) is 38.8 Å². The number of amides is 1. The van der Waals surface area contributed by atoms with Gasteiger partial charge in [-0.1, -0.05) is 60.2 Å². The van der Waals surface area contributed by atoms with E-state index in [2.05, 4.69) is 64.0 Å². The molecule has 1 N–H and O–H groups in total. The van der Waals surface area contributed by atoms with Gasteiger partial charge in [0, 0.05) is 6.42 Å². The van der Waals surface area contributed by atoms with Gasteiger partial charge in [-0.2, -0.15) is 4.80 Å². The van der Waals surface area contributed by atoms with Gasteiger partial charge in [-0.3, -0.25) is 4.79 Å². The molecule has 6 heteroatoms. The zero-order valence-corrected chi connectivity index (χ0v) is 15.4. The molecule has 0 spiro atoms. The summed E-state index contributed by atoms with van der Waals surface area (Å²) in [6, 6.07) is 18.4. The summed E-state index contributed by atoms with van der Waals surface area (Å²) in [5, 5.41) is 15.6. The molecule has 1 atom stereocenters. The topological polar surface area (TPSA) is 72.7 Å². The average molecular weight is 361 g/mol. The van der Waals surface area contributed by atoms with Crippen LogP contribution in [0.15, 0.2) is 54.6 Å². The lowest BCUT2D eigenvalue weighted by atomic mass is 10.0. The average Bonchev–Trinajstić information content (AvgIpc) is 3.43. The normalized spacial score (nSPS) is 14.7. The lowest BCUT2D eigenvalue weighted by Crippen LogP contribution is -2.33. The highest BCUT2D eigenvalue weighted by atomic mass is 16.2. The first-order chi connectivity index (χ1) is 13.2. The van der Waals surface area contributed by atoms with Gasteiger partial charge in [0.05, 0.1) is 6.04 Å². The molecule has 6 nitrogen and oxygen atoms in total. The van der Waals surface area contributed by atoms with Crippen molar-refractivity contribution >= 4 is 5.91 Å². The molecule has 27 heavy (non-hydrogen) atoms. The number of carbonyl (C=O) groups is 1. The number of aryl methyl sites for hydroxylation is 1. The first-order valence-corrected chi connectivity index (χ1v) is 9.34. The first-order valence-electron chi connectivity index (χ1n) is 9.34. The van der Waals surface area contributed by atoms with Gasteiger partial charge in [0.2, 0.25) is 5.91 Å². The summed E-state index contributed by atoms with van der Waals surface area (Å²) in [4.78, 5) is 13.9. The second-order valence-corrected chi connectivity index (χ2v) is 7.19. The summed E-state index contributed by atoms with van der Waals surface area (Å²) in [6.45, 7) is 2.14. The van der Waals surface area contributed by atoms with Crippen LogP contribution in [-0.4, -0.2) is 26.1 Å². The predicted molar refractivity (Wildman–Crippen MR) is 102 cm³/mol. The third-order valence-electron chi connectivity index (χ3n) is 4.83. The van der Waals surface area contributed by atoms with Gasteiger partial charge < -0.3 is 5.32 Å². The molecule has 138 valence electrons. The number of nitrogens with zero attached hydrogens (tertiary/aromatic N) is 4. The summed E-state index contributed by atoms with van der Waals surface area (Å²) < 4.78 is 0. The predicted octanol–water partition coefficient (Wildman–Crippen LogP) is 2.84. The minimum absolute atomic E-state index is 0.0641. The van der Waals surface area contributed by atoms with E-state index in [1.807, 2.05) is 18.2 Å². The highest BCUT2D eigenvalue weighted by Crippen LogP contribution is 2.40. The number of tetrazole rings is 1. The maximum absolute atomic E-state index is 12.5. The van der Waals surface area contributed by atoms with Crippen LogP contribution in [0.2, 0.25) is 0 Å². The smallest absolute Gasteiger partial charge is 0.244 e. The van der Waals surface area contributed by atoms with Crippen molar-refractivity contribution in [1.29, 1.82) is 0 Å². The van der Waals surface area contributed by atoms with E-state index in [1.54, 1.807) is 0 Å². The minimum atomic E-state index is -0.0879. The van der Waals surface area contributed by atoms with E-state index in [4.69, 9.17) is 0 Å². The number of aromatic nitrogens is 4. The molecule has 0 bridgehead atoms. The molecule has 4 rings (SSSR count). The molecule has 0 radical (unpaired) electrons. The maximum atomic E-state index is 12.5. The fourth-order valence-electron chi connectivity index (χ4n) is 3.21. The molecule has 3 aromatic rings. The highest BCUT2D eigenvalue weighted by molar-refractivity contribution is 5.76. The van der Waals surface area contributed by atoms with E-state index in [0.717, 1.165) is 24.0 Å². The van der Waals surface area contributed by atoms with Gasteiger partial charge in [-0.15, -0.1) is 10.2 Å². The summed E-state index contributed by atoms with van der Waals surface area (Å²) in [7, 11) is 0. The van der Waals surface area contributed by atoms with Gasteiger partial charge in [0.1, 0.15) is 6.54 Å². The standard InChI is InChI=1S/C21H23N5O/c1-15-7-9-16(10-8-15)13-19-23-25-26(24-19)14-20(27)22-21(18-11-12-18)17-5-3-2-4-6-17/h2-10,18,21H,11-14H2,1H3,(H,22,27)/t21-/m1/s1. The Kier molecular flexibility index (Phi) is 4.96. The van der Waals surface area contributed by atoms with Gasteiger partial charge in [-0.05, 0) is 42.0 Å². The second kappa shape index (κ2) is 7.70. The summed E-state index contributed by atoms with van der Waals surface area (Å²) in [5.41, 5.74) is 3.50. The van der Waals surface area contributed by atoms with Crippen molar-refractivity contribution in [2.24, 2.45) is 5.92 Å². The molecule has 1 aliphatic rings. The van der Waals surface area contributed by atoms with Crippen LogP contribution < -0.4 is 5.32 Å². The van der Waals surface area contributed by atoms with Crippen molar-refractivity contribution in [1.82, 2.24) is 25.5 Å². The number of benzene rings is 2. The van der Waals surface area contributed by atoms with Crippen molar-refractivity contribution in [3.8, 4) is 0 Å². The Bertz CT molecular complexity index is 900. The SMILES string of the molecule is Cc1ccc(Cc2nnn(CC(=O)N[C@H](c3ccccc3)C3CC3)n2)cc1. The molecule has 2 aromatic carbocycles. The molecule has 1 aromatic heterocycles. The van der Waals surface area contributed by atoms with Gasteiger partial charge >= 0.3 is 0 Å². The molecule has 0 unspecified atom stereocenters. The molecule has 1 heterocycles. The fourth-order valence-corrected chi connectivity index (χ4v) is 3.21. The summed E-state index contributed by atoms with van der Waals surface area (Å²) >= 11 is 0. The third-order valence-corrected chi connectivity index (χ3v) is 4.83. The van der Waals surface area contributed by atoms with Gasteiger partial charge in [0.25, 0.3) is 0 Å². The number of hydrogen-bond acceptors (Lipinski definition) is 4. The van der Waals surface area contributed by atoms with Crippen LogP contribution >= 0.6 is 0 Å². The number of nitrogens with one attached hydrogen (secondary N) is 1. The molecule has 1 saturated carbocycles. The van der Waals surface area contributed by atoms with Crippen LogP contribution in [0, 0.1) is 12.8 Å². The largest absolute Gasteiger partial charge is 0.347 e. The molecule has 1 fully saturated rings.